The van der Waals surface area contributed by atoms with Crippen molar-refractivity contribution in [3.8, 4) is 22.9 Å². The van der Waals surface area contributed by atoms with Crippen molar-refractivity contribution in [2.75, 3.05) is 20.2 Å². The molecular formula is C14H17N3O3. The third kappa shape index (κ3) is 2.22. The molecule has 1 aliphatic rings. The van der Waals surface area contributed by atoms with Crippen molar-refractivity contribution in [3.63, 3.8) is 0 Å². The summed E-state index contributed by atoms with van der Waals surface area (Å²) in [5.41, 5.74) is 0.758. The van der Waals surface area contributed by atoms with E-state index in [2.05, 4.69) is 22.4 Å². The number of rotatable bonds is 3. The summed E-state index contributed by atoms with van der Waals surface area (Å²) in [6.45, 7) is 4.00. The molecule has 0 saturated carbocycles. The number of nitrogens with zero attached hydrogens (tertiary/aromatic N) is 2. The molecule has 6 nitrogen and oxygen atoms in total. The molecule has 0 aliphatic carbocycles. The van der Waals surface area contributed by atoms with E-state index < -0.39 is 0 Å². The van der Waals surface area contributed by atoms with E-state index in [1.54, 1.807) is 18.2 Å². The van der Waals surface area contributed by atoms with Gasteiger partial charge in [-0.15, -0.1) is 0 Å². The Balaban J connectivity index is 1.90. The summed E-state index contributed by atoms with van der Waals surface area (Å²) in [6.07, 6.45) is 0. The Bertz CT molecular complexity index is 611. The van der Waals surface area contributed by atoms with Crippen LogP contribution in [-0.2, 0) is 0 Å². The number of nitrogens with one attached hydrogen (secondary N) is 1. The standard InChI is InChI=1S/C14H17N3O3/c1-8-6-15-7-10(8)14-16-13(17-20-14)9-3-4-11(18)12(5-9)19-2/h3-5,8,10,15,18H,6-7H2,1-2H3/t8-,10-/m1/s1. The van der Waals surface area contributed by atoms with Crippen molar-refractivity contribution < 1.29 is 14.4 Å². The fourth-order valence-corrected chi connectivity index (χ4v) is 2.46. The van der Waals surface area contributed by atoms with Gasteiger partial charge in [0.2, 0.25) is 11.7 Å². The number of aromatic hydroxyl groups is 1. The molecule has 2 aromatic rings. The van der Waals surface area contributed by atoms with Crippen LogP contribution in [0.1, 0.15) is 18.7 Å². The predicted octanol–water partition coefficient (Wildman–Crippen LogP) is 1.77. The monoisotopic (exact) mass is 275 g/mol. The summed E-state index contributed by atoms with van der Waals surface area (Å²) in [4.78, 5) is 4.46. The van der Waals surface area contributed by atoms with Crippen molar-refractivity contribution in [2.45, 2.75) is 12.8 Å². The summed E-state index contributed by atoms with van der Waals surface area (Å²) >= 11 is 0. The van der Waals surface area contributed by atoms with Gasteiger partial charge in [-0.1, -0.05) is 12.1 Å². The van der Waals surface area contributed by atoms with E-state index in [0.29, 0.717) is 23.4 Å². The van der Waals surface area contributed by atoms with Gasteiger partial charge in [-0.25, -0.2) is 0 Å². The zero-order valence-electron chi connectivity index (χ0n) is 11.5. The number of hydrogen-bond donors (Lipinski definition) is 2. The molecule has 0 unspecified atom stereocenters. The quantitative estimate of drug-likeness (QED) is 0.888. The van der Waals surface area contributed by atoms with E-state index in [1.807, 2.05) is 0 Å². The van der Waals surface area contributed by atoms with Crippen LogP contribution in [0, 0.1) is 5.92 Å². The van der Waals surface area contributed by atoms with Crippen LogP contribution in [0.25, 0.3) is 11.4 Å². The van der Waals surface area contributed by atoms with Gasteiger partial charge in [0.05, 0.1) is 13.0 Å². The van der Waals surface area contributed by atoms with Crippen molar-refractivity contribution in [1.29, 1.82) is 0 Å². The Morgan fingerprint density at radius 3 is 2.95 bits per heavy atom. The third-order valence-electron chi connectivity index (χ3n) is 3.71. The van der Waals surface area contributed by atoms with Crippen LogP contribution in [0.5, 0.6) is 11.5 Å². The van der Waals surface area contributed by atoms with Crippen molar-refractivity contribution in [2.24, 2.45) is 5.92 Å². The maximum Gasteiger partial charge on any atom is 0.231 e. The molecular weight excluding hydrogens is 258 g/mol. The van der Waals surface area contributed by atoms with E-state index in [4.69, 9.17) is 9.26 Å². The zero-order chi connectivity index (χ0) is 14.1. The van der Waals surface area contributed by atoms with Crippen LogP contribution in [0.3, 0.4) is 0 Å². The van der Waals surface area contributed by atoms with E-state index in [0.717, 1.165) is 18.7 Å². The molecule has 2 atom stereocenters. The second kappa shape index (κ2) is 5.13. The summed E-state index contributed by atoms with van der Waals surface area (Å²) < 4.78 is 10.5. The number of benzene rings is 1. The molecule has 2 heterocycles. The second-order valence-corrected chi connectivity index (χ2v) is 5.08. The lowest BCUT2D eigenvalue weighted by atomic mass is 9.98. The topological polar surface area (TPSA) is 80.4 Å². The van der Waals surface area contributed by atoms with Gasteiger partial charge < -0.3 is 19.7 Å². The highest BCUT2D eigenvalue weighted by atomic mass is 16.5. The van der Waals surface area contributed by atoms with Gasteiger partial charge in [-0.05, 0) is 30.7 Å². The van der Waals surface area contributed by atoms with E-state index in [9.17, 15) is 5.11 Å². The Labute approximate surface area is 116 Å². The number of ether oxygens (including phenoxy) is 1. The molecule has 0 radical (unpaired) electrons. The fourth-order valence-electron chi connectivity index (χ4n) is 2.46. The van der Waals surface area contributed by atoms with E-state index >= 15 is 0 Å². The normalized spacial score (nSPS) is 22.1. The smallest absolute Gasteiger partial charge is 0.231 e. The first-order valence-corrected chi connectivity index (χ1v) is 6.60. The highest BCUT2D eigenvalue weighted by Gasteiger charge is 2.29. The lowest BCUT2D eigenvalue weighted by molar-refractivity contribution is 0.340. The maximum absolute atomic E-state index is 9.60. The molecule has 20 heavy (non-hydrogen) atoms. The van der Waals surface area contributed by atoms with Crippen LogP contribution in [0.15, 0.2) is 22.7 Å². The number of phenolic OH excluding ortho intramolecular Hbond substituents is 1. The fraction of sp³-hybridized carbons (Fsp3) is 0.429. The molecule has 0 bridgehead atoms. The van der Waals surface area contributed by atoms with Crippen LogP contribution >= 0.6 is 0 Å². The Kier molecular flexibility index (Phi) is 3.31. The summed E-state index contributed by atoms with van der Waals surface area (Å²) in [5.74, 6) is 2.40. The molecule has 1 fully saturated rings. The Morgan fingerprint density at radius 2 is 2.25 bits per heavy atom. The molecule has 3 rings (SSSR count). The Morgan fingerprint density at radius 1 is 1.40 bits per heavy atom. The average Bonchev–Trinajstić information content (AvgIpc) is 3.08. The molecule has 106 valence electrons. The average molecular weight is 275 g/mol. The minimum atomic E-state index is 0.0913. The van der Waals surface area contributed by atoms with Gasteiger partial charge in [-0.3, -0.25) is 0 Å². The summed E-state index contributed by atoms with van der Waals surface area (Å²) in [7, 11) is 1.51. The SMILES string of the molecule is COc1cc(-c2noc([C@@H]3CNC[C@H]3C)n2)ccc1O. The third-order valence-corrected chi connectivity index (χ3v) is 3.71. The molecule has 0 amide bonds. The van der Waals surface area contributed by atoms with Crippen molar-refractivity contribution in [1.82, 2.24) is 15.5 Å². The molecule has 2 N–H and O–H groups in total. The number of methoxy groups -OCH3 is 1. The lowest BCUT2D eigenvalue weighted by Crippen LogP contribution is -2.08. The van der Waals surface area contributed by atoms with Crippen molar-refractivity contribution in [3.05, 3.63) is 24.1 Å². The maximum atomic E-state index is 9.60. The van der Waals surface area contributed by atoms with Crippen LogP contribution in [-0.4, -0.2) is 35.4 Å². The molecule has 1 saturated heterocycles. The van der Waals surface area contributed by atoms with Gasteiger partial charge in [-0.2, -0.15) is 4.98 Å². The zero-order valence-corrected chi connectivity index (χ0v) is 11.5. The largest absolute Gasteiger partial charge is 0.504 e. The van der Waals surface area contributed by atoms with Gasteiger partial charge in [0, 0.05) is 12.1 Å². The summed E-state index contributed by atoms with van der Waals surface area (Å²) in [5, 5.41) is 16.9. The highest BCUT2D eigenvalue weighted by molar-refractivity contribution is 5.60. The van der Waals surface area contributed by atoms with E-state index in [-0.39, 0.29) is 11.7 Å². The van der Waals surface area contributed by atoms with Gasteiger partial charge in [0.15, 0.2) is 11.5 Å². The van der Waals surface area contributed by atoms with Crippen molar-refractivity contribution >= 4 is 0 Å². The van der Waals surface area contributed by atoms with Gasteiger partial charge >= 0.3 is 0 Å². The minimum absolute atomic E-state index is 0.0913. The molecule has 0 spiro atoms. The first kappa shape index (κ1) is 12.9. The number of phenols is 1. The number of hydrogen-bond acceptors (Lipinski definition) is 6. The van der Waals surface area contributed by atoms with Crippen LogP contribution in [0.4, 0.5) is 0 Å². The number of aromatic nitrogens is 2. The van der Waals surface area contributed by atoms with Gasteiger partial charge in [0.1, 0.15) is 0 Å². The highest BCUT2D eigenvalue weighted by Crippen LogP contribution is 2.32. The summed E-state index contributed by atoms with van der Waals surface area (Å²) in [6, 6.07) is 4.99. The molecule has 1 aliphatic heterocycles. The molecule has 1 aromatic carbocycles. The molecule has 6 heteroatoms. The molecule has 1 aromatic heterocycles. The Hall–Kier alpha value is -2.08. The first-order chi connectivity index (χ1) is 9.69. The minimum Gasteiger partial charge on any atom is -0.504 e. The predicted molar refractivity (Wildman–Crippen MR) is 72.7 cm³/mol. The van der Waals surface area contributed by atoms with E-state index in [1.165, 1.54) is 7.11 Å². The van der Waals surface area contributed by atoms with Gasteiger partial charge in [0.25, 0.3) is 0 Å². The van der Waals surface area contributed by atoms with Crippen LogP contribution < -0.4 is 10.1 Å². The second-order valence-electron chi connectivity index (χ2n) is 5.08. The van der Waals surface area contributed by atoms with Crippen LogP contribution in [0.2, 0.25) is 0 Å². The first-order valence-electron chi connectivity index (χ1n) is 6.60. The lowest BCUT2D eigenvalue weighted by Gasteiger charge is -2.07.